The van der Waals surface area contributed by atoms with E-state index in [4.69, 9.17) is 11.6 Å². The molecule has 1 fully saturated rings. The van der Waals surface area contributed by atoms with Gasteiger partial charge in [-0.05, 0) is 30.9 Å². The van der Waals surface area contributed by atoms with E-state index in [9.17, 15) is 4.79 Å². The summed E-state index contributed by atoms with van der Waals surface area (Å²) >= 11 is 5.94. The highest BCUT2D eigenvalue weighted by molar-refractivity contribution is 6.18. The molecule has 3 nitrogen and oxygen atoms in total. The van der Waals surface area contributed by atoms with Gasteiger partial charge in [-0.2, -0.15) is 0 Å². The molecule has 0 spiro atoms. The Hall–Kier alpha value is -1.09. The number of alkyl halides is 1. The van der Waals surface area contributed by atoms with Crippen LogP contribution in [0.5, 0.6) is 0 Å². The molecule has 1 aromatic heterocycles. The Morgan fingerprint density at radius 3 is 2.76 bits per heavy atom. The summed E-state index contributed by atoms with van der Waals surface area (Å²) in [6.45, 7) is 0. The van der Waals surface area contributed by atoms with E-state index >= 15 is 0 Å². The van der Waals surface area contributed by atoms with Crippen molar-refractivity contribution in [1.82, 2.24) is 10.3 Å². The molecule has 4 heteroatoms. The van der Waals surface area contributed by atoms with Crippen LogP contribution in [0.25, 0.3) is 0 Å². The van der Waals surface area contributed by atoms with Gasteiger partial charge in [0.25, 0.3) is 5.91 Å². The third-order valence-corrected chi connectivity index (χ3v) is 3.76. The summed E-state index contributed by atoms with van der Waals surface area (Å²) in [4.78, 5) is 15.9. The summed E-state index contributed by atoms with van der Waals surface area (Å²) in [5.74, 6) is 1.02. The highest BCUT2D eigenvalue weighted by Gasteiger charge is 2.25. The Bertz CT molecular complexity index is 369. The molecule has 1 aliphatic carbocycles. The van der Waals surface area contributed by atoms with E-state index < -0.39 is 0 Å². The van der Waals surface area contributed by atoms with Crippen LogP contribution in [-0.4, -0.2) is 22.8 Å². The molecule has 0 saturated heterocycles. The van der Waals surface area contributed by atoms with E-state index in [2.05, 4.69) is 10.3 Å². The number of amides is 1. The standard InChI is InChI=1S/C13H17ClN2O/c14-9-11-3-1-2-4-12(11)16-13(17)10-5-7-15-8-6-10/h5-8,11-12H,1-4,9H2,(H,16,17). The topological polar surface area (TPSA) is 42.0 Å². The third kappa shape index (κ3) is 3.19. The van der Waals surface area contributed by atoms with Crippen molar-refractivity contribution in [2.24, 2.45) is 5.92 Å². The largest absolute Gasteiger partial charge is 0.349 e. The van der Waals surface area contributed by atoms with Gasteiger partial charge < -0.3 is 5.32 Å². The summed E-state index contributed by atoms with van der Waals surface area (Å²) in [6.07, 6.45) is 7.82. The Morgan fingerprint density at radius 1 is 1.35 bits per heavy atom. The Kier molecular flexibility index (Phi) is 4.37. The molecule has 2 atom stereocenters. The lowest BCUT2D eigenvalue weighted by Crippen LogP contribution is -2.42. The molecule has 1 aromatic rings. The summed E-state index contributed by atoms with van der Waals surface area (Å²) < 4.78 is 0. The minimum Gasteiger partial charge on any atom is -0.349 e. The van der Waals surface area contributed by atoms with Crippen LogP contribution in [-0.2, 0) is 0 Å². The molecule has 1 aliphatic rings. The van der Waals surface area contributed by atoms with Crippen molar-refractivity contribution in [1.29, 1.82) is 0 Å². The molecular weight excluding hydrogens is 236 g/mol. The Labute approximate surface area is 107 Å². The summed E-state index contributed by atoms with van der Waals surface area (Å²) in [6, 6.07) is 3.68. The lowest BCUT2D eigenvalue weighted by molar-refractivity contribution is 0.0911. The zero-order valence-electron chi connectivity index (χ0n) is 9.73. The first-order chi connectivity index (χ1) is 8.31. The zero-order valence-corrected chi connectivity index (χ0v) is 10.5. The van der Waals surface area contributed by atoms with Gasteiger partial charge in [0.05, 0.1) is 0 Å². The van der Waals surface area contributed by atoms with Crippen molar-refractivity contribution < 1.29 is 4.79 Å². The van der Waals surface area contributed by atoms with Crippen molar-refractivity contribution in [2.75, 3.05) is 5.88 Å². The molecule has 17 heavy (non-hydrogen) atoms. The van der Waals surface area contributed by atoms with E-state index in [1.165, 1.54) is 12.8 Å². The number of hydrogen-bond acceptors (Lipinski definition) is 2. The lowest BCUT2D eigenvalue weighted by Gasteiger charge is -2.30. The van der Waals surface area contributed by atoms with Crippen LogP contribution in [0, 0.1) is 5.92 Å². The van der Waals surface area contributed by atoms with Gasteiger partial charge >= 0.3 is 0 Å². The molecule has 0 aliphatic heterocycles. The predicted octanol–water partition coefficient (Wildman–Crippen LogP) is 2.61. The van der Waals surface area contributed by atoms with Crippen molar-refractivity contribution in [3.05, 3.63) is 30.1 Å². The van der Waals surface area contributed by atoms with Gasteiger partial charge in [0.1, 0.15) is 0 Å². The fraction of sp³-hybridized carbons (Fsp3) is 0.538. The van der Waals surface area contributed by atoms with Gasteiger partial charge in [0.15, 0.2) is 0 Å². The van der Waals surface area contributed by atoms with Crippen molar-refractivity contribution in [3.8, 4) is 0 Å². The van der Waals surface area contributed by atoms with E-state index in [0.29, 0.717) is 17.4 Å². The molecule has 0 bridgehead atoms. The number of hydrogen-bond donors (Lipinski definition) is 1. The zero-order chi connectivity index (χ0) is 12.1. The molecule has 1 saturated carbocycles. The minimum atomic E-state index is -0.0191. The molecular formula is C13H17ClN2O. The normalized spacial score (nSPS) is 24.3. The maximum atomic E-state index is 12.0. The lowest BCUT2D eigenvalue weighted by atomic mass is 9.85. The first-order valence-electron chi connectivity index (χ1n) is 6.08. The van der Waals surface area contributed by atoms with Crippen LogP contribution in [0.3, 0.4) is 0 Å². The smallest absolute Gasteiger partial charge is 0.251 e. The average Bonchev–Trinajstić information content (AvgIpc) is 2.40. The highest BCUT2D eigenvalue weighted by Crippen LogP contribution is 2.25. The van der Waals surface area contributed by atoms with Crippen LogP contribution >= 0.6 is 11.6 Å². The molecule has 92 valence electrons. The Balaban J connectivity index is 1.98. The van der Waals surface area contributed by atoms with Gasteiger partial charge in [-0.15, -0.1) is 11.6 Å². The average molecular weight is 253 g/mol. The molecule has 1 amide bonds. The molecule has 1 heterocycles. The first-order valence-corrected chi connectivity index (χ1v) is 6.61. The van der Waals surface area contributed by atoms with Gasteiger partial charge in [-0.25, -0.2) is 0 Å². The van der Waals surface area contributed by atoms with Crippen LogP contribution in [0.2, 0.25) is 0 Å². The van der Waals surface area contributed by atoms with Crippen LogP contribution in [0.1, 0.15) is 36.0 Å². The molecule has 1 N–H and O–H groups in total. The summed E-state index contributed by atoms with van der Waals surface area (Å²) in [5, 5.41) is 3.08. The first kappa shape index (κ1) is 12.4. The number of nitrogens with one attached hydrogen (secondary N) is 1. The fourth-order valence-electron chi connectivity index (χ4n) is 2.34. The minimum absolute atomic E-state index is 0.0191. The van der Waals surface area contributed by atoms with Gasteiger partial charge in [0.2, 0.25) is 0 Å². The van der Waals surface area contributed by atoms with Crippen LogP contribution < -0.4 is 5.32 Å². The van der Waals surface area contributed by atoms with Crippen LogP contribution in [0.15, 0.2) is 24.5 Å². The maximum Gasteiger partial charge on any atom is 0.251 e. The van der Waals surface area contributed by atoms with E-state index in [1.54, 1.807) is 24.5 Å². The predicted molar refractivity (Wildman–Crippen MR) is 68.2 cm³/mol. The number of carbonyl (C=O) groups excluding carboxylic acids is 1. The Morgan fingerprint density at radius 2 is 2.06 bits per heavy atom. The summed E-state index contributed by atoms with van der Waals surface area (Å²) in [5.41, 5.74) is 0.666. The summed E-state index contributed by atoms with van der Waals surface area (Å²) in [7, 11) is 0. The molecule has 0 radical (unpaired) electrons. The number of pyridine rings is 1. The third-order valence-electron chi connectivity index (χ3n) is 3.37. The SMILES string of the molecule is O=C(NC1CCCCC1CCl)c1ccncc1. The molecule has 2 unspecified atom stereocenters. The van der Waals surface area contributed by atoms with Gasteiger partial charge in [-0.1, -0.05) is 12.8 Å². The molecule has 0 aromatic carbocycles. The van der Waals surface area contributed by atoms with E-state index in [1.807, 2.05) is 0 Å². The maximum absolute atomic E-state index is 12.0. The highest BCUT2D eigenvalue weighted by atomic mass is 35.5. The van der Waals surface area contributed by atoms with Gasteiger partial charge in [0, 0.05) is 29.9 Å². The second kappa shape index (κ2) is 6.01. The number of aromatic nitrogens is 1. The van der Waals surface area contributed by atoms with Crippen molar-refractivity contribution in [2.45, 2.75) is 31.7 Å². The van der Waals surface area contributed by atoms with Crippen LogP contribution in [0.4, 0.5) is 0 Å². The van der Waals surface area contributed by atoms with Crippen molar-refractivity contribution in [3.63, 3.8) is 0 Å². The number of carbonyl (C=O) groups is 1. The number of rotatable bonds is 3. The monoisotopic (exact) mass is 252 g/mol. The quantitative estimate of drug-likeness (QED) is 0.841. The fourth-order valence-corrected chi connectivity index (χ4v) is 2.71. The van der Waals surface area contributed by atoms with Crippen molar-refractivity contribution >= 4 is 17.5 Å². The molecule has 2 rings (SSSR count). The second-order valence-electron chi connectivity index (χ2n) is 4.51. The number of halogens is 1. The van der Waals surface area contributed by atoms with E-state index in [-0.39, 0.29) is 11.9 Å². The second-order valence-corrected chi connectivity index (χ2v) is 4.82. The number of nitrogens with zero attached hydrogens (tertiary/aromatic N) is 1. The van der Waals surface area contributed by atoms with Gasteiger partial charge in [-0.3, -0.25) is 9.78 Å². The van der Waals surface area contributed by atoms with E-state index in [0.717, 1.165) is 12.8 Å².